The molecule has 2 saturated heterocycles. The first kappa shape index (κ1) is 20.9. The standard InChI is InChI=1S/C21H19N7O4S/c29-19-17(33-21(30)26-19)8-14-9-18(32-12-16-2-1-7-31-16)25-20(24-14)28-5-3-27(4-6-28)15-10-22-13-23-11-15/h1-2,7-11,13H,3-6,12H2,(H,26,29,30)/b17-8+. The first-order valence-corrected chi connectivity index (χ1v) is 11.0. The van der Waals surface area contributed by atoms with Crippen molar-refractivity contribution >= 4 is 40.6 Å². The molecule has 2 amide bonds. The maximum absolute atomic E-state index is 12.0. The highest BCUT2D eigenvalue weighted by molar-refractivity contribution is 8.18. The van der Waals surface area contributed by atoms with Gasteiger partial charge in [0.05, 0.1) is 34.9 Å². The first-order valence-electron chi connectivity index (χ1n) is 10.2. The van der Waals surface area contributed by atoms with Crippen LogP contribution >= 0.6 is 11.8 Å². The number of aromatic nitrogens is 4. The van der Waals surface area contributed by atoms with E-state index in [0.29, 0.717) is 36.4 Å². The van der Waals surface area contributed by atoms with Crippen molar-refractivity contribution in [3.63, 3.8) is 0 Å². The van der Waals surface area contributed by atoms with Crippen LogP contribution in [0.2, 0.25) is 0 Å². The Morgan fingerprint density at radius 3 is 2.61 bits per heavy atom. The van der Waals surface area contributed by atoms with Gasteiger partial charge in [0.15, 0.2) is 0 Å². The molecule has 2 aliphatic heterocycles. The van der Waals surface area contributed by atoms with E-state index < -0.39 is 11.1 Å². The van der Waals surface area contributed by atoms with E-state index in [9.17, 15) is 9.59 Å². The molecule has 11 nitrogen and oxygen atoms in total. The molecule has 1 N–H and O–H groups in total. The van der Waals surface area contributed by atoms with Gasteiger partial charge in [0.25, 0.3) is 11.1 Å². The van der Waals surface area contributed by atoms with Gasteiger partial charge in [0.2, 0.25) is 11.8 Å². The molecule has 0 atom stereocenters. The number of rotatable bonds is 6. The van der Waals surface area contributed by atoms with Gasteiger partial charge in [-0.25, -0.2) is 15.0 Å². The van der Waals surface area contributed by atoms with Gasteiger partial charge in [-0.15, -0.1) is 0 Å². The Hall–Kier alpha value is -3.93. The lowest BCUT2D eigenvalue weighted by atomic mass is 10.3. The maximum atomic E-state index is 12.0. The summed E-state index contributed by atoms with van der Waals surface area (Å²) < 4.78 is 11.1. The molecule has 0 unspecified atom stereocenters. The molecule has 168 valence electrons. The molecule has 0 aromatic carbocycles. The lowest BCUT2D eigenvalue weighted by molar-refractivity contribution is -0.115. The van der Waals surface area contributed by atoms with Crippen LogP contribution in [-0.4, -0.2) is 57.3 Å². The smallest absolute Gasteiger partial charge is 0.290 e. The molecular formula is C21H19N7O4S. The Kier molecular flexibility index (Phi) is 5.89. The van der Waals surface area contributed by atoms with Gasteiger partial charge in [-0.2, -0.15) is 4.98 Å². The second-order valence-corrected chi connectivity index (χ2v) is 8.24. The highest BCUT2D eigenvalue weighted by Crippen LogP contribution is 2.27. The van der Waals surface area contributed by atoms with Crippen molar-refractivity contribution in [3.8, 4) is 5.88 Å². The number of carbonyl (C=O) groups is 2. The normalized spacial score (nSPS) is 17.5. The molecule has 2 fully saturated rings. The Morgan fingerprint density at radius 1 is 1.12 bits per heavy atom. The molecule has 3 aromatic heterocycles. The molecule has 3 aromatic rings. The van der Waals surface area contributed by atoms with Gasteiger partial charge in [0, 0.05) is 32.2 Å². The van der Waals surface area contributed by atoms with Crippen LogP contribution in [0.15, 0.2) is 52.5 Å². The lowest BCUT2D eigenvalue weighted by Gasteiger charge is -2.35. The average molecular weight is 465 g/mol. The van der Waals surface area contributed by atoms with E-state index in [4.69, 9.17) is 9.15 Å². The lowest BCUT2D eigenvalue weighted by Crippen LogP contribution is -2.47. The van der Waals surface area contributed by atoms with Gasteiger partial charge < -0.3 is 19.0 Å². The zero-order chi connectivity index (χ0) is 22.6. The monoisotopic (exact) mass is 465 g/mol. The minimum Gasteiger partial charge on any atom is -0.469 e. The van der Waals surface area contributed by atoms with Crippen LogP contribution in [0.5, 0.6) is 5.88 Å². The second-order valence-electron chi connectivity index (χ2n) is 7.22. The largest absolute Gasteiger partial charge is 0.469 e. The molecule has 0 bridgehead atoms. The number of hydrogen-bond acceptors (Lipinski definition) is 11. The molecule has 0 radical (unpaired) electrons. The Bertz CT molecular complexity index is 1180. The number of furan rings is 1. The fourth-order valence-corrected chi connectivity index (χ4v) is 4.10. The van der Waals surface area contributed by atoms with E-state index in [2.05, 4.69) is 35.1 Å². The quantitative estimate of drug-likeness (QED) is 0.538. The number of hydrogen-bond donors (Lipinski definition) is 1. The van der Waals surface area contributed by atoms with Gasteiger partial charge in [0.1, 0.15) is 18.7 Å². The van der Waals surface area contributed by atoms with Crippen LogP contribution in [0.25, 0.3) is 6.08 Å². The fraction of sp³-hybridized carbons (Fsp3) is 0.238. The summed E-state index contributed by atoms with van der Waals surface area (Å²) in [6.07, 6.45) is 8.22. The summed E-state index contributed by atoms with van der Waals surface area (Å²) in [7, 11) is 0. The molecule has 0 spiro atoms. The summed E-state index contributed by atoms with van der Waals surface area (Å²) in [5.41, 5.74) is 1.44. The average Bonchev–Trinajstić information content (AvgIpc) is 3.47. The summed E-state index contributed by atoms with van der Waals surface area (Å²) in [5, 5.41) is 1.84. The van der Waals surface area contributed by atoms with E-state index in [1.165, 1.54) is 6.33 Å². The highest BCUT2D eigenvalue weighted by atomic mass is 32.2. The summed E-state index contributed by atoms with van der Waals surface area (Å²) in [4.78, 5) is 45.4. The van der Waals surface area contributed by atoms with Crippen LogP contribution in [0.3, 0.4) is 0 Å². The van der Waals surface area contributed by atoms with Crippen LogP contribution in [0.4, 0.5) is 16.4 Å². The number of anilines is 2. The molecule has 12 heteroatoms. The number of ether oxygens (including phenoxy) is 1. The third-order valence-corrected chi connectivity index (χ3v) is 5.86. The number of amides is 2. The van der Waals surface area contributed by atoms with Gasteiger partial charge >= 0.3 is 0 Å². The third kappa shape index (κ3) is 4.95. The number of thioether (sulfide) groups is 1. The van der Waals surface area contributed by atoms with Crippen molar-refractivity contribution in [1.29, 1.82) is 0 Å². The molecule has 0 aliphatic carbocycles. The Balaban J connectivity index is 1.37. The van der Waals surface area contributed by atoms with Crippen molar-refractivity contribution in [1.82, 2.24) is 25.3 Å². The topological polar surface area (TPSA) is 127 Å². The second kappa shape index (κ2) is 9.28. The van der Waals surface area contributed by atoms with Gasteiger partial charge in [-0.3, -0.25) is 14.9 Å². The third-order valence-electron chi connectivity index (χ3n) is 5.05. The van der Waals surface area contributed by atoms with Crippen molar-refractivity contribution in [3.05, 3.63) is 59.5 Å². The van der Waals surface area contributed by atoms with Crippen LogP contribution in [-0.2, 0) is 11.4 Å². The molecule has 5 rings (SSSR count). The first-order chi connectivity index (χ1) is 16.1. The molecule has 0 saturated carbocycles. The Morgan fingerprint density at radius 2 is 1.91 bits per heavy atom. The van der Waals surface area contributed by atoms with Crippen molar-refractivity contribution in [2.75, 3.05) is 36.0 Å². The van der Waals surface area contributed by atoms with E-state index in [1.807, 2.05) is 6.07 Å². The predicted octanol–water partition coefficient (Wildman–Crippen LogP) is 2.09. The minimum atomic E-state index is -0.443. The molecule has 5 heterocycles. The maximum Gasteiger partial charge on any atom is 0.290 e. The van der Waals surface area contributed by atoms with Crippen molar-refractivity contribution < 1.29 is 18.7 Å². The summed E-state index contributed by atoms with van der Waals surface area (Å²) in [6, 6.07) is 5.22. The Labute approximate surface area is 192 Å². The summed E-state index contributed by atoms with van der Waals surface area (Å²) in [5.74, 6) is 1.04. The predicted molar refractivity (Wildman–Crippen MR) is 121 cm³/mol. The summed E-state index contributed by atoms with van der Waals surface area (Å²) >= 11 is 0.838. The van der Waals surface area contributed by atoms with E-state index in [-0.39, 0.29) is 11.5 Å². The van der Waals surface area contributed by atoms with E-state index in [0.717, 1.165) is 30.5 Å². The molecule has 2 aliphatic rings. The van der Waals surface area contributed by atoms with Crippen LogP contribution < -0.4 is 19.9 Å². The van der Waals surface area contributed by atoms with Gasteiger partial charge in [-0.1, -0.05) is 0 Å². The van der Waals surface area contributed by atoms with Crippen molar-refractivity contribution in [2.24, 2.45) is 0 Å². The minimum absolute atomic E-state index is 0.203. The SMILES string of the molecule is O=C1NC(=O)/C(=C\c2cc(OCc3ccco3)nc(N3CCN(c4cncnc4)CC3)n2)S1. The zero-order valence-corrected chi connectivity index (χ0v) is 18.2. The number of carbonyl (C=O) groups excluding carboxylic acids is 2. The zero-order valence-electron chi connectivity index (χ0n) is 17.4. The van der Waals surface area contributed by atoms with Crippen LogP contribution in [0.1, 0.15) is 11.5 Å². The highest BCUT2D eigenvalue weighted by Gasteiger charge is 2.26. The number of imide groups is 1. The van der Waals surface area contributed by atoms with E-state index in [1.54, 1.807) is 36.9 Å². The summed E-state index contributed by atoms with van der Waals surface area (Å²) in [6.45, 7) is 3.06. The van der Waals surface area contributed by atoms with Gasteiger partial charge in [-0.05, 0) is 30.0 Å². The van der Waals surface area contributed by atoms with Crippen LogP contribution in [0, 0.1) is 0 Å². The van der Waals surface area contributed by atoms with Crippen molar-refractivity contribution in [2.45, 2.75) is 6.61 Å². The molecular weight excluding hydrogens is 446 g/mol. The number of nitrogens with zero attached hydrogens (tertiary/aromatic N) is 6. The number of piperazine rings is 1. The molecule has 33 heavy (non-hydrogen) atoms. The van der Waals surface area contributed by atoms with E-state index >= 15 is 0 Å². The number of nitrogens with one attached hydrogen (secondary N) is 1. The fourth-order valence-electron chi connectivity index (χ4n) is 3.43.